The van der Waals surface area contributed by atoms with Crippen LogP contribution in [0, 0.1) is 5.92 Å². The number of rotatable bonds is 5. The van der Waals surface area contributed by atoms with Crippen molar-refractivity contribution in [1.82, 2.24) is 15.1 Å². The molecule has 2 rings (SSSR count). The molecule has 0 saturated carbocycles. The average molecular weight is 323 g/mol. The van der Waals surface area contributed by atoms with Crippen molar-refractivity contribution in [2.24, 2.45) is 5.92 Å². The van der Waals surface area contributed by atoms with Crippen molar-refractivity contribution in [3.63, 3.8) is 0 Å². The number of nitrogens with zero attached hydrogens (tertiary/aromatic N) is 2. The molecule has 5 heteroatoms. The van der Waals surface area contributed by atoms with Gasteiger partial charge in [-0.25, -0.2) is 0 Å². The van der Waals surface area contributed by atoms with Crippen LogP contribution in [0.4, 0.5) is 0 Å². The van der Waals surface area contributed by atoms with Crippen molar-refractivity contribution >= 4 is 11.8 Å². The summed E-state index contributed by atoms with van der Waals surface area (Å²) in [5, 5.41) is 2.99. The Labute approximate surface area is 140 Å². The number of amides is 2. The lowest BCUT2D eigenvalue weighted by Gasteiger charge is -2.33. The Hall–Kier alpha value is -1.10. The molecule has 5 nitrogen and oxygen atoms in total. The summed E-state index contributed by atoms with van der Waals surface area (Å²) in [5.41, 5.74) is 0. The van der Waals surface area contributed by atoms with Crippen LogP contribution in [0.1, 0.15) is 58.3 Å². The largest absolute Gasteiger partial charge is 0.356 e. The minimum atomic E-state index is 0.134. The van der Waals surface area contributed by atoms with Crippen molar-refractivity contribution in [1.29, 1.82) is 0 Å². The van der Waals surface area contributed by atoms with Crippen molar-refractivity contribution in [2.75, 3.05) is 39.3 Å². The molecule has 0 aromatic carbocycles. The zero-order valence-electron chi connectivity index (χ0n) is 14.7. The predicted molar refractivity (Wildman–Crippen MR) is 92.1 cm³/mol. The molecule has 2 heterocycles. The van der Waals surface area contributed by atoms with Gasteiger partial charge in [0.25, 0.3) is 0 Å². The second-order valence-corrected chi connectivity index (χ2v) is 6.99. The Morgan fingerprint density at radius 3 is 2.17 bits per heavy atom. The molecule has 2 amide bonds. The van der Waals surface area contributed by atoms with Crippen LogP contribution in [0.25, 0.3) is 0 Å². The van der Waals surface area contributed by atoms with Crippen LogP contribution in [0.15, 0.2) is 0 Å². The standard InChI is InChI=1S/C18H33N3O2/c1-2-10-19-18(23)16-8-13-20(14-9-16)15-17(22)21-11-6-4-3-5-7-12-21/h16H,2-15H2,1H3,(H,19,23). The maximum Gasteiger partial charge on any atom is 0.236 e. The van der Waals surface area contributed by atoms with Crippen LogP contribution in [-0.2, 0) is 9.59 Å². The molecule has 0 aliphatic carbocycles. The molecule has 132 valence electrons. The molecule has 0 radical (unpaired) electrons. The van der Waals surface area contributed by atoms with E-state index in [1.165, 1.54) is 19.3 Å². The zero-order valence-corrected chi connectivity index (χ0v) is 14.7. The molecule has 2 aliphatic rings. The van der Waals surface area contributed by atoms with Gasteiger partial charge in [0, 0.05) is 25.6 Å². The number of carbonyl (C=O) groups is 2. The summed E-state index contributed by atoms with van der Waals surface area (Å²) in [5.74, 6) is 0.608. The molecule has 0 unspecified atom stereocenters. The molecule has 2 fully saturated rings. The van der Waals surface area contributed by atoms with Gasteiger partial charge in [-0.3, -0.25) is 14.5 Å². The Bertz CT molecular complexity index is 370. The molecule has 0 atom stereocenters. The van der Waals surface area contributed by atoms with E-state index in [1.807, 2.05) is 0 Å². The van der Waals surface area contributed by atoms with Gasteiger partial charge in [-0.2, -0.15) is 0 Å². The van der Waals surface area contributed by atoms with Crippen LogP contribution in [0.2, 0.25) is 0 Å². The van der Waals surface area contributed by atoms with Crippen LogP contribution < -0.4 is 5.32 Å². The first kappa shape index (κ1) is 18.2. The fourth-order valence-corrected chi connectivity index (χ4v) is 3.53. The maximum atomic E-state index is 12.5. The van der Waals surface area contributed by atoms with Crippen molar-refractivity contribution < 1.29 is 9.59 Å². The van der Waals surface area contributed by atoms with Gasteiger partial charge < -0.3 is 10.2 Å². The van der Waals surface area contributed by atoms with E-state index < -0.39 is 0 Å². The predicted octanol–water partition coefficient (Wildman–Crippen LogP) is 2.02. The Kier molecular flexibility index (Phi) is 7.86. The molecule has 0 aromatic rings. The minimum absolute atomic E-state index is 0.134. The highest BCUT2D eigenvalue weighted by Gasteiger charge is 2.26. The van der Waals surface area contributed by atoms with Gasteiger partial charge in [0.05, 0.1) is 6.54 Å². The first-order valence-electron chi connectivity index (χ1n) is 9.48. The fourth-order valence-electron chi connectivity index (χ4n) is 3.53. The highest BCUT2D eigenvalue weighted by molar-refractivity contribution is 5.79. The lowest BCUT2D eigenvalue weighted by atomic mass is 9.96. The number of piperidine rings is 1. The van der Waals surface area contributed by atoms with Gasteiger partial charge in [0.2, 0.25) is 11.8 Å². The number of carbonyl (C=O) groups excluding carboxylic acids is 2. The first-order valence-corrected chi connectivity index (χ1v) is 9.48. The normalized spacial score (nSPS) is 21.5. The summed E-state index contributed by atoms with van der Waals surface area (Å²) in [7, 11) is 0. The molecule has 0 aromatic heterocycles. The molecule has 1 N–H and O–H groups in total. The summed E-state index contributed by atoms with van der Waals surface area (Å²) in [4.78, 5) is 28.8. The van der Waals surface area contributed by atoms with E-state index in [1.54, 1.807) is 0 Å². The zero-order chi connectivity index (χ0) is 16.5. The van der Waals surface area contributed by atoms with E-state index in [9.17, 15) is 9.59 Å². The third-order valence-corrected chi connectivity index (χ3v) is 5.08. The summed E-state index contributed by atoms with van der Waals surface area (Å²) >= 11 is 0. The van der Waals surface area contributed by atoms with E-state index in [4.69, 9.17) is 0 Å². The van der Waals surface area contributed by atoms with Gasteiger partial charge in [-0.15, -0.1) is 0 Å². The van der Waals surface area contributed by atoms with Gasteiger partial charge in [0.1, 0.15) is 0 Å². The quantitative estimate of drug-likeness (QED) is 0.842. The van der Waals surface area contributed by atoms with Crippen LogP contribution >= 0.6 is 0 Å². The van der Waals surface area contributed by atoms with Crippen molar-refractivity contribution in [3.05, 3.63) is 0 Å². The number of hydrogen-bond donors (Lipinski definition) is 1. The molecule has 0 bridgehead atoms. The van der Waals surface area contributed by atoms with Gasteiger partial charge in [0.15, 0.2) is 0 Å². The highest BCUT2D eigenvalue weighted by atomic mass is 16.2. The summed E-state index contributed by atoms with van der Waals surface area (Å²) in [6, 6.07) is 0. The Morgan fingerprint density at radius 2 is 1.57 bits per heavy atom. The van der Waals surface area contributed by atoms with Crippen LogP contribution in [-0.4, -0.2) is 60.9 Å². The van der Waals surface area contributed by atoms with E-state index in [-0.39, 0.29) is 17.7 Å². The molecule has 2 aliphatic heterocycles. The van der Waals surface area contributed by atoms with Gasteiger partial charge in [-0.05, 0) is 45.2 Å². The molecule has 23 heavy (non-hydrogen) atoms. The third kappa shape index (κ3) is 6.13. The van der Waals surface area contributed by atoms with Gasteiger partial charge in [-0.1, -0.05) is 26.2 Å². The second kappa shape index (κ2) is 9.91. The second-order valence-electron chi connectivity index (χ2n) is 6.99. The smallest absolute Gasteiger partial charge is 0.236 e. The van der Waals surface area contributed by atoms with Gasteiger partial charge >= 0.3 is 0 Å². The SMILES string of the molecule is CCCNC(=O)C1CCN(CC(=O)N2CCCCCCC2)CC1. The lowest BCUT2D eigenvalue weighted by Crippen LogP contribution is -2.46. The fraction of sp³-hybridized carbons (Fsp3) is 0.889. The summed E-state index contributed by atoms with van der Waals surface area (Å²) in [6.07, 6.45) is 8.84. The Morgan fingerprint density at radius 1 is 0.957 bits per heavy atom. The minimum Gasteiger partial charge on any atom is -0.356 e. The van der Waals surface area contributed by atoms with Crippen molar-refractivity contribution in [2.45, 2.75) is 58.3 Å². The van der Waals surface area contributed by atoms with E-state index >= 15 is 0 Å². The average Bonchev–Trinajstić information content (AvgIpc) is 2.53. The number of hydrogen-bond acceptors (Lipinski definition) is 3. The van der Waals surface area contributed by atoms with E-state index in [2.05, 4.69) is 22.0 Å². The molecule has 0 spiro atoms. The van der Waals surface area contributed by atoms with E-state index in [0.717, 1.165) is 64.8 Å². The third-order valence-electron chi connectivity index (χ3n) is 5.08. The Balaban J connectivity index is 1.70. The summed E-state index contributed by atoms with van der Waals surface area (Å²) in [6.45, 7) is 6.95. The maximum absolute atomic E-state index is 12.5. The molecular formula is C18H33N3O2. The van der Waals surface area contributed by atoms with Crippen molar-refractivity contribution in [3.8, 4) is 0 Å². The monoisotopic (exact) mass is 323 g/mol. The number of likely N-dealkylation sites (tertiary alicyclic amines) is 2. The van der Waals surface area contributed by atoms with E-state index in [0.29, 0.717) is 6.54 Å². The van der Waals surface area contributed by atoms with Crippen LogP contribution in [0.5, 0.6) is 0 Å². The molecule has 2 saturated heterocycles. The topological polar surface area (TPSA) is 52.7 Å². The summed E-state index contributed by atoms with van der Waals surface area (Å²) < 4.78 is 0. The number of nitrogens with one attached hydrogen (secondary N) is 1. The highest BCUT2D eigenvalue weighted by Crippen LogP contribution is 2.18. The molecular weight excluding hydrogens is 290 g/mol. The van der Waals surface area contributed by atoms with Crippen LogP contribution in [0.3, 0.4) is 0 Å². The first-order chi connectivity index (χ1) is 11.2. The lowest BCUT2D eigenvalue weighted by molar-refractivity contribution is -0.133.